The molecule has 0 N–H and O–H groups in total. The Hall–Kier alpha value is -3.09. The minimum absolute atomic E-state index is 0.0518. The molecule has 1 amide bonds. The van der Waals surface area contributed by atoms with Crippen molar-refractivity contribution >= 4 is 5.91 Å². The zero-order chi connectivity index (χ0) is 18.6. The number of hydrogen-bond acceptors (Lipinski definition) is 6. The van der Waals surface area contributed by atoms with Crippen molar-refractivity contribution < 1.29 is 9.32 Å². The van der Waals surface area contributed by atoms with Crippen LogP contribution in [0.3, 0.4) is 0 Å². The molecule has 1 fully saturated rings. The molecule has 0 spiro atoms. The summed E-state index contributed by atoms with van der Waals surface area (Å²) in [6, 6.07) is 7.65. The number of hydrogen-bond donors (Lipinski definition) is 0. The van der Waals surface area contributed by atoms with E-state index in [1.807, 2.05) is 36.1 Å². The van der Waals surface area contributed by atoms with Crippen molar-refractivity contribution in [2.75, 3.05) is 6.54 Å². The first-order valence-corrected chi connectivity index (χ1v) is 9.17. The molecule has 0 radical (unpaired) electrons. The third-order valence-corrected chi connectivity index (χ3v) is 4.81. The standard InChI is InChI=1S/C20H21N5O2/c1-14-11-15(13-21-12-14)20(26)25-10-4-5-16(25)7-8-18-23-19(27-24-18)17-6-2-3-9-22-17/h2-3,6,9,11-13,16H,4-5,7-8,10H2,1H3. The normalized spacial score (nSPS) is 16.6. The molecule has 4 heterocycles. The highest BCUT2D eigenvalue weighted by Gasteiger charge is 2.29. The van der Waals surface area contributed by atoms with Crippen LogP contribution in [0.25, 0.3) is 11.6 Å². The van der Waals surface area contributed by atoms with E-state index in [0.717, 1.165) is 31.4 Å². The number of aryl methyl sites for hydroxylation is 2. The van der Waals surface area contributed by atoms with Gasteiger partial charge in [-0.1, -0.05) is 11.2 Å². The molecule has 1 saturated heterocycles. The summed E-state index contributed by atoms with van der Waals surface area (Å²) in [6.07, 6.45) is 8.58. The van der Waals surface area contributed by atoms with Gasteiger partial charge in [0.1, 0.15) is 5.69 Å². The molecule has 0 aliphatic carbocycles. The van der Waals surface area contributed by atoms with Crippen LogP contribution in [-0.4, -0.2) is 43.5 Å². The van der Waals surface area contributed by atoms with Gasteiger partial charge in [-0.25, -0.2) is 0 Å². The molecule has 3 aromatic heterocycles. The maximum atomic E-state index is 12.8. The molecule has 7 heteroatoms. The Morgan fingerprint density at radius 3 is 3.07 bits per heavy atom. The predicted molar refractivity (Wildman–Crippen MR) is 98.9 cm³/mol. The Morgan fingerprint density at radius 1 is 1.33 bits per heavy atom. The molecule has 7 nitrogen and oxygen atoms in total. The summed E-state index contributed by atoms with van der Waals surface area (Å²) < 4.78 is 5.31. The molecule has 138 valence electrons. The van der Waals surface area contributed by atoms with E-state index in [4.69, 9.17) is 4.52 Å². The first-order chi connectivity index (χ1) is 13.2. The van der Waals surface area contributed by atoms with E-state index in [-0.39, 0.29) is 11.9 Å². The van der Waals surface area contributed by atoms with Gasteiger partial charge in [-0.2, -0.15) is 4.98 Å². The highest BCUT2D eigenvalue weighted by atomic mass is 16.5. The largest absolute Gasteiger partial charge is 0.336 e. The van der Waals surface area contributed by atoms with E-state index in [1.165, 1.54) is 0 Å². The molecule has 27 heavy (non-hydrogen) atoms. The minimum atomic E-state index is 0.0518. The second kappa shape index (κ2) is 7.65. The molecule has 0 saturated carbocycles. The Kier molecular flexibility index (Phi) is 4.91. The van der Waals surface area contributed by atoms with Crippen molar-refractivity contribution in [2.45, 2.75) is 38.6 Å². The Balaban J connectivity index is 1.40. The zero-order valence-corrected chi connectivity index (χ0v) is 15.2. The van der Waals surface area contributed by atoms with Gasteiger partial charge in [0.05, 0.1) is 5.56 Å². The summed E-state index contributed by atoms with van der Waals surface area (Å²) in [7, 11) is 0. The fourth-order valence-corrected chi connectivity index (χ4v) is 3.49. The van der Waals surface area contributed by atoms with Crippen molar-refractivity contribution in [1.82, 2.24) is 25.0 Å². The SMILES string of the molecule is Cc1cncc(C(=O)N2CCCC2CCc2noc(-c3ccccn3)n2)c1. The smallest absolute Gasteiger partial charge is 0.276 e. The van der Waals surface area contributed by atoms with Gasteiger partial charge in [0.25, 0.3) is 11.8 Å². The van der Waals surface area contributed by atoms with Gasteiger partial charge in [-0.05, 0) is 49.9 Å². The van der Waals surface area contributed by atoms with Crippen molar-refractivity contribution in [3.63, 3.8) is 0 Å². The molecule has 3 aromatic rings. The van der Waals surface area contributed by atoms with E-state index in [2.05, 4.69) is 20.1 Å². The molecule has 1 atom stereocenters. The van der Waals surface area contributed by atoms with Gasteiger partial charge >= 0.3 is 0 Å². The summed E-state index contributed by atoms with van der Waals surface area (Å²) in [6.45, 7) is 2.73. The first kappa shape index (κ1) is 17.3. The third-order valence-electron chi connectivity index (χ3n) is 4.81. The summed E-state index contributed by atoms with van der Waals surface area (Å²) in [4.78, 5) is 27.6. The molecule has 0 bridgehead atoms. The topological polar surface area (TPSA) is 85.0 Å². The maximum Gasteiger partial charge on any atom is 0.276 e. The molecular weight excluding hydrogens is 342 g/mol. The van der Waals surface area contributed by atoms with Crippen LogP contribution in [0.5, 0.6) is 0 Å². The predicted octanol–water partition coefficient (Wildman–Crippen LogP) is 3.07. The highest BCUT2D eigenvalue weighted by Crippen LogP contribution is 2.24. The van der Waals surface area contributed by atoms with Crippen LogP contribution in [0.2, 0.25) is 0 Å². The van der Waals surface area contributed by atoms with E-state index in [0.29, 0.717) is 29.4 Å². The van der Waals surface area contributed by atoms with Crippen LogP contribution in [-0.2, 0) is 6.42 Å². The average molecular weight is 363 g/mol. The van der Waals surface area contributed by atoms with Crippen LogP contribution in [0.15, 0.2) is 47.4 Å². The fraction of sp³-hybridized carbons (Fsp3) is 0.350. The number of pyridine rings is 2. The van der Waals surface area contributed by atoms with Crippen LogP contribution in [0.4, 0.5) is 0 Å². The Labute approximate surface area is 157 Å². The van der Waals surface area contributed by atoms with Crippen molar-refractivity contribution in [3.8, 4) is 11.6 Å². The number of nitrogens with zero attached hydrogens (tertiary/aromatic N) is 5. The molecule has 0 aromatic carbocycles. The number of amides is 1. The van der Waals surface area contributed by atoms with Gasteiger partial charge in [0.15, 0.2) is 5.82 Å². The minimum Gasteiger partial charge on any atom is -0.336 e. The second-order valence-electron chi connectivity index (χ2n) is 6.81. The Bertz CT molecular complexity index is 925. The summed E-state index contributed by atoms with van der Waals surface area (Å²) in [5.41, 5.74) is 2.31. The van der Waals surface area contributed by atoms with Crippen LogP contribution >= 0.6 is 0 Å². The number of likely N-dealkylation sites (tertiary alicyclic amines) is 1. The lowest BCUT2D eigenvalue weighted by atomic mass is 10.1. The number of rotatable bonds is 5. The zero-order valence-electron chi connectivity index (χ0n) is 15.2. The molecule has 1 aliphatic rings. The van der Waals surface area contributed by atoms with Crippen molar-refractivity contribution in [1.29, 1.82) is 0 Å². The fourth-order valence-electron chi connectivity index (χ4n) is 3.49. The highest BCUT2D eigenvalue weighted by molar-refractivity contribution is 5.94. The van der Waals surface area contributed by atoms with Crippen LogP contribution < -0.4 is 0 Å². The third kappa shape index (κ3) is 3.86. The first-order valence-electron chi connectivity index (χ1n) is 9.17. The van der Waals surface area contributed by atoms with Gasteiger partial charge < -0.3 is 9.42 Å². The molecule has 1 unspecified atom stereocenters. The van der Waals surface area contributed by atoms with Crippen molar-refractivity contribution in [3.05, 3.63) is 59.8 Å². The van der Waals surface area contributed by atoms with Gasteiger partial charge in [-0.15, -0.1) is 0 Å². The Morgan fingerprint density at radius 2 is 2.26 bits per heavy atom. The van der Waals surface area contributed by atoms with Crippen LogP contribution in [0, 0.1) is 6.92 Å². The van der Waals surface area contributed by atoms with E-state index < -0.39 is 0 Å². The van der Waals surface area contributed by atoms with Gasteiger partial charge in [0, 0.05) is 37.6 Å². The lowest BCUT2D eigenvalue weighted by Gasteiger charge is -2.24. The quantitative estimate of drug-likeness (QED) is 0.692. The van der Waals surface area contributed by atoms with Crippen LogP contribution in [0.1, 0.15) is 41.0 Å². The molecular formula is C20H21N5O2. The summed E-state index contributed by atoms with van der Waals surface area (Å²) >= 11 is 0. The number of carbonyl (C=O) groups excluding carboxylic acids is 1. The van der Waals surface area contributed by atoms with E-state index in [9.17, 15) is 4.79 Å². The lowest BCUT2D eigenvalue weighted by Crippen LogP contribution is -2.36. The van der Waals surface area contributed by atoms with Crippen molar-refractivity contribution in [2.24, 2.45) is 0 Å². The maximum absolute atomic E-state index is 12.8. The van der Waals surface area contributed by atoms with E-state index in [1.54, 1.807) is 18.6 Å². The molecule has 1 aliphatic heterocycles. The number of carbonyl (C=O) groups is 1. The average Bonchev–Trinajstić information content (AvgIpc) is 3.36. The number of aromatic nitrogens is 4. The van der Waals surface area contributed by atoms with E-state index >= 15 is 0 Å². The lowest BCUT2D eigenvalue weighted by molar-refractivity contribution is 0.0729. The van der Waals surface area contributed by atoms with Gasteiger partial charge in [0.2, 0.25) is 0 Å². The summed E-state index contributed by atoms with van der Waals surface area (Å²) in [5.74, 6) is 1.12. The molecule has 4 rings (SSSR count). The summed E-state index contributed by atoms with van der Waals surface area (Å²) in [5, 5.41) is 4.05. The van der Waals surface area contributed by atoms with Gasteiger partial charge in [-0.3, -0.25) is 14.8 Å². The second-order valence-corrected chi connectivity index (χ2v) is 6.81. The monoisotopic (exact) mass is 363 g/mol.